The normalized spacial score (nSPS) is 23.6. The van der Waals surface area contributed by atoms with E-state index in [2.05, 4.69) is 21.3 Å². The summed E-state index contributed by atoms with van der Waals surface area (Å²) in [4.78, 5) is 40.1. The highest BCUT2D eigenvalue weighted by atomic mass is 35.5. The Kier molecular flexibility index (Phi) is 10.8. The summed E-state index contributed by atoms with van der Waals surface area (Å²) in [5.41, 5.74) is 1.97. The largest absolute Gasteiger partial charge is 0.492 e. The summed E-state index contributed by atoms with van der Waals surface area (Å²) in [7, 11) is 0. The Labute approximate surface area is 242 Å². The monoisotopic (exact) mass is 568 g/mol. The fraction of sp³-hybridized carbons (Fsp3) is 0.516. The molecule has 40 heavy (non-hydrogen) atoms. The number of ether oxygens (including phenoxy) is 1. The van der Waals surface area contributed by atoms with Gasteiger partial charge in [-0.15, -0.1) is 0 Å². The summed E-state index contributed by atoms with van der Waals surface area (Å²) in [6.07, 6.45) is 4.63. The quantitative estimate of drug-likeness (QED) is 0.442. The van der Waals surface area contributed by atoms with Crippen molar-refractivity contribution in [3.05, 3.63) is 64.7 Å². The number of carbonyl (C=O) groups is 3. The summed E-state index contributed by atoms with van der Waals surface area (Å²) in [5, 5.41) is 12.8. The molecule has 4 rings (SSSR count). The Morgan fingerprint density at radius 2 is 1.73 bits per heavy atom. The highest BCUT2D eigenvalue weighted by Crippen LogP contribution is 2.33. The van der Waals surface area contributed by atoms with E-state index in [1.807, 2.05) is 56.3 Å². The smallest absolute Gasteiger partial charge is 0.243 e. The number of fused-ring (bicyclic) bond motifs is 1. The van der Waals surface area contributed by atoms with Crippen molar-refractivity contribution in [2.24, 2.45) is 11.8 Å². The third-order valence-electron chi connectivity index (χ3n) is 7.44. The van der Waals surface area contributed by atoms with Gasteiger partial charge >= 0.3 is 0 Å². The first kappa shape index (κ1) is 29.9. The van der Waals surface area contributed by atoms with Gasteiger partial charge < -0.3 is 26.0 Å². The van der Waals surface area contributed by atoms with Crippen molar-refractivity contribution in [2.75, 3.05) is 19.7 Å². The predicted octanol–water partition coefficient (Wildman–Crippen LogP) is 3.41. The minimum atomic E-state index is -0.785. The van der Waals surface area contributed by atoms with Crippen LogP contribution in [0, 0.1) is 11.8 Å². The van der Waals surface area contributed by atoms with Gasteiger partial charge in [-0.1, -0.05) is 68.6 Å². The summed E-state index contributed by atoms with van der Waals surface area (Å²) in [6.45, 7) is 5.07. The summed E-state index contributed by atoms with van der Waals surface area (Å²) in [5.74, 6) is 0.247. The zero-order valence-electron chi connectivity index (χ0n) is 23.4. The maximum absolute atomic E-state index is 13.6. The van der Waals surface area contributed by atoms with Crippen molar-refractivity contribution in [1.82, 2.24) is 21.3 Å². The lowest BCUT2D eigenvalue weighted by Crippen LogP contribution is -2.58. The van der Waals surface area contributed by atoms with Crippen LogP contribution in [0.15, 0.2) is 48.5 Å². The van der Waals surface area contributed by atoms with Crippen LogP contribution in [-0.2, 0) is 27.2 Å². The number of hydrogen-bond donors (Lipinski definition) is 4. The van der Waals surface area contributed by atoms with E-state index < -0.39 is 18.1 Å². The van der Waals surface area contributed by atoms with E-state index in [1.54, 1.807) is 6.07 Å². The summed E-state index contributed by atoms with van der Waals surface area (Å²) >= 11 is 6.20. The first-order valence-electron chi connectivity index (χ1n) is 14.4. The highest BCUT2D eigenvalue weighted by molar-refractivity contribution is 6.30. The molecule has 1 heterocycles. The van der Waals surface area contributed by atoms with Crippen LogP contribution in [0.2, 0.25) is 5.02 Å². The molecule has 3 atom stereocenters. The molecule has 0 radical (unpaired) electrons. The Balaban J connectivity index is 1.56. The van der Waals surface area contributed by atoms with Crippen molar-refractivity contribution in [1.29, 1.82) is 0 Å². The van der Waals surface area contributed by atoms with Crippen molar-refractivity contribution in [3.63, 3.8) is 0 Å². The second kappa shape index (κ2) is 14.5. The molecular formula is C31H41ClN4O4. The van der Waals surface area contributed by atoms with Gasteiger partial charge in [0.2, 0.25) is 17.7 Å². The third-order valence-corrected chi connectivity index (χ3v) is 7.67. The molecule has 2 aliphatic rings. The maximum Gasteiger partial charge on any atom is 0.243 e. The second-order valence-electron chi connectivity index (χ2n) is 11.2. The van der Waals surface area contributed by atoms with Crippen LogP contribution in [0.1, 0.15) is 50.7 Å². The van der Waals surface area contributed by atoms with Gasteiger partial charge in [0.15, 0.2) is 0 Å². The van der Waals surface area contributed by atoms with E-state index in [9.17, 15) is 14.4 Å². The lowest BCUT2D eigenvalue weighted by Gasteiger charge is -2.27. The number of aryl methyl sites for hydroxylation is 1. The molecule has 1 saturated carbocycles. The molecule has 4 N–H and O–H groups in total. The van der Waals surface area contributed by atoms with Gasteiger partial charge in [-0.3, -0.25) is 14.4 Å². The lowest BCUT2D eigenvalue weighted by molar-refractivity contribution is -0.133. The zero-order valence-corrected chi connectivity index (χ0v) is 24.1. The molecule has 3 amide bonds. The fourth-order valence-corrected chi connectivity index (χ4v) is 5.20. The van der Waals surface area contributed by atoms with Crippen LogP contribution in [0.4, 0.5) is 0 Å². The first-order valence-corrected chi connectivity index (χ1v) is 14.7. The van der Waals surface area contributed by atoms with E-state index in [1.165, 1.54) is 0 Å². The standard InChI is InChI=1S/C31H41ClN4O4/c1-20(2)28-31(39)35-26(18-21-12-13-21)29(37)34-14-6-9-23-8-3-4-11-27(23)40-16-15-33-25(30(38)36-28)19-22-7-5-10-24(32)17-22/h3-5,7-8,10-11,17,20-21,25-26,28,33H,6,9,12-16,18-19H2,1-2H3,(H,34,37)(H,35,39)(H,36,38)/t25-,26+,28-/m1/s1. The van der Waals surface area contributed by atoms with Crippen molar-refractivity contribution < 1.29 is 19.1 Å². The molecule has 0 bridgehead atoms. The Bertz CT molecular complexity index is 1170. The number of para-hydroxylation sites is 1. The number of carbonyl (C=O) groups excluding carboxylic acids is 3. The SMILES string of the molecule is CC(C)[C@H]1NC(=O)[C@@H](Cc2cccc(Cl)c2)NCCOc2ccccc2CCCNC(=O)[C@H](CC2CC2)NC1=O. The van der Waals surface area contributed by atoms with Crippen molar-refractivity contribution in [3.8, 4) is 5.75 Å². The van der Waals surface area contributed by atoms with E-state index in [4.69, 9.17) is 16.3 Å². The first-order chi connectivity index (χ1) is 19.3. The van der Waals surface area contributed by atoms with Gasteiger partial charge in [0, 0.05) is 18.1 Å². The Morgan fingerprint density at radius 3 is 2.48 bits per heavy atom. The molecule has 2 aromatic carbocycles. The van der Waals surface area contributed by atoms with E-state index in [-0.39, 0.29) is 23.6 Å². The molecule has 1 fully saturated rings. The molecule has 1 aliphatic carbocycles. The van der Waals surface area contributed by atoms with Gasteiger partial charge in [0.25, 0.3) is 0 Å². The van der Waals surface area contributed by atoms with Crippen molar-refractivity contribution >= 4 is 29.3 Å². The van der Waals surface area contributed by atoms with E-state index >= 15 is 0 Å². The summed E-state index contributed by atoms with van der Waals surface area (Å²) in [6, 6.07) is 13.3. The van der Waals surface area contributed by atoms with Crippen LogP contribution in [0.3, 0.4) is 0 Å². The molecule has 0 unspecified atom stereocenters. The van der Waals surface area contributed by atoms with Crippen LogP contribution in [0.25, 0.3) is 0 Å². The average molecular weight is 569 g/mol. The number of benzene rings is 2. The number of rotatable bonds is 5. The zero-order chi connectivity index (χ0) is 28.5. The summed E-state index contributed by atoms with van der Waals surface area (Å²) < 4.78 is 6.08. The molecule has 8 nitrogen and oxygen atoms in total. The van der Waals surface area contributed by atoms with Gasteiger partial charge in [-0.25, -0.2) is 0 Å². The maximum atomic E-state index is 13.6. The molecular weight excluding hydrogens is 528 g/mol. The predicted molar refractivity (Wildman–Crippen MR) is 156 cm³/mol. The molecule has 0 saturated heterocycles. The van der Waals surface area contributed by atoms with Gasteiger partial charge in [0.05, 0.1) is 6.04 Å². The lowest BCUT2D eigenvalue weighted by atomic mass is 10.00. The molecule has 9 heteroatoms. The Hall–Kier alpha value is -3.10. The minimum absolute atomic E-state index is 0.175. The van der Waals surface area contributed by atoms with Crippen LogP contribution in [-0.4, -0.2) is 55.5 Å². The molecule has 1 aliphatic heterocycles. The van der Waals surface area contributed by atoms with Gasteiger partial charge in [-0.2, -0.15) is 0 Å². The van der Waals surface area contributed by atoms with Gasteiger partial charge in [0.1, 0.15) is 24.4 Å². The van der Waals surface area contributed by atoms with Crippen LogP contribution in [0.5, 0.6) is 5.75 Å². The number of amides is 3. The Morgan fingerprint density at radius 1 is 0.925 bits per heavy atom. The molecule has 0 aromatic heterocycles. The molecule has 216 valence electrons. The minimum Gasteiger partial charge on any atom is -0.492 e. The van der Waals surface area contributed by atoms with E-state index in [0.717, 1.165) is 42.6 Å². The molecule has 2 aromatic rings. The topological polar surface area (TPSA) is 109 Å². The van der Waals surface area contributed by atoms with Gasteiger partial charge in [-0.05, 0) is 66.8 Å². The number of hydrogen-bond acceptors (Lipinski definition) is 5. The third kappa shape index (κ3) is 8.96. The average Bonchev–Trinajstić information content (AvgIpc) is 3.75. The second-order valence-corrected chi connectivity index (χ2v) is 11.6. The highest BCUT2D eigenvalue weighted by Gasteiger charge is 2.34. The fourth-order valence-electron chi connectivity index (χ4n) is 4.98. The van der Waals surface area contributed by atoms with Crippen molar-refractivity contribution in [2.45, 2.75) is 70.5 Å². The van der Waals surface area contributed by atoms with Crippen LogP contribution >= 0.6 is 11.6 Å². The number of halogens is 1. The van der Waals surface area contributed by atoms with Crippen LogP contribution < -0.4 is 26.0 Å². The number of nitrogens with one attached hydrogen (secondary N) is 4. The molecule has 0 spiro atoms. The van der Waals surface area contributed by atoms with E-state index in [0.29, 0.717) is 43.5 Å².